The zero-order valence-electron chi connectivity index (χ0n) is 12.9. The van der Waals surface area contributed by atoms with Crippen molar-refractivity contribution in [2.24, 2.45) is 0 Å². The van der Waals surface area contributed by atoms with E-state index in [0.717, 1.165) is 5.56 Å². The van der Waals surface area contributed by atoms with Gasteiger partial charge in [-0.1, -0.05) is 11.6 Å². The quantitative estimate of drug-likeness (QED) is 0.494. The van der Waals surface area contributed by atoms with Crippen LogP contribution in [-0.4, -0.2) is 23.5 Å². The first-order chi connectivity index (χ1) is 11.8. The number of aryl methyl sites for hydroxylation is 1. The summed E-state index contributed by atoms with van der Waals surface area (Å²) in [6, 6.07) is 8.11. The van der Waals surface area contributed by atoms with E-state index < -0.39 is 11.8 Å². The minimum absolute atomic E-state index is 0.0731. The second-order valence-electron chi connectivity index (χ2n) is 4.76. The van der Waals surface area contributed by atoms with Gasteiger partial charge in [-0.25, -0.2) is 0 Å². The fourth-order valence-electron chi connectivity index (χ4n) is 1.71. The molecule has 3 N–H and O–H groups in total. The van der Waals surface area contributed by atoms with Crippen molar-refractivity contribution in [2.75, 3.05) is 6.61 Å². The Hall–Kier alpha value is -2.10. The number of hydrogen-bond acceptors (Lipinski definition) is 5. The number of halogens is 2. The molecule has 0 saturated carbocycles. The normalized spacial score (nSPS) is 10.0. The molecule has 1 aromatic carbocycles. The van der Waals surface area contributed by atoms with E-state index in [1.54, 1.807) is 24.3 Å². The summed E-state index contributed by atoms with van der Waals surface area (Å²) in [6.07, 6.45) is 0. The van der Waals surface area contributed by atoms with Crippen LogP contribution < -0.4 is 20.9 Å². The Morgan fingerprint density at radius 3 is 2.68 bits per heavy atom. The minimum Gasteiger partial charge on any atom is -0.483 e. The number of ether oxygens (including phenoxy) is 1. The van der Waals surface area contributed by atoms with Gasteiger partial charge in [-0.15, -0.1) is 0 Å². The molecule has 0 aliphatic heterocycles. The lowest BCUT2D eigenvalue weighted by molar-refractivity contribution is -0.123. The number of benzene rings is 1. The van der Waals surface area contributed by atoms with Crippen LogP contribution in [0.3, 0.4) is 0 Å². The van der Waals surface area contributed by atoms with Crippen LogP contribution in [-0.2, 0) is 4.79 Å². The monoisotopic (exact) mass is 445 g/mol. The molecular formula is C15H13BrClN3O4S. The zero-order chi connectivity index (χ0) is 18.4. The fourth-order valence-corrected chi connectivity index (χ4v) is 2.39. The van der Waals surface area contributed by atoms with Crippen LogP contribution in [0.5, 0.6) is 5.75 Å². The Kier molecular flexibility index (Phi) is 6.80. The van der Waals surface area contributed by atoms with Crippen LogP contribution in [0, 0.1) is 6.92 Å². The largest absolute Gasteiger partial charge is 0.483 e. The van der Waals surface area contributed by atoms with Crippen molar-refractivity contribution in [1.29, 1.82) is 0 Å². The lowest BCUT2D eigenvalue weighted by Crippen LogP contribution is -2.49. The van der Waals surface area contributed by atoms with Crippen molar-refractivity contribution in [3.63, 3.8) is 0 Å². The lowest BCUT2D eigenvalue weighted by Gasteiger charge is -2.12. The molecule has 0 aliphatic carbocycles. The van der Waals surface area contributed by atoms with Crippen molar-refractivity contribution in [3.05, 3.63) is 51.3 Å². The van der Waals surface area contributed by atoms with Crippen molar-refractivity contribution < 1.29 is 18.7 Å². The van der Waals surface area contributed by atoms with E-state index in [1.807, 2.05) is 6.92 Å². The predicted octanol–water partition coefficient (Wildman–Crippen LogP) is 2.72. The maximum atomic E-state index is 11.8. The smallest absolute Gasteiger partial charge is 0.293 e. The highest BCUT2D eigenvalue weighted by molar-refractivity contribution is 9.10. The van der Waals surface area contributed by atoms with Gasteiger partial charge in [0.2, 0.25) is 0 Å². The number of carbonyl (C=O) groups excluding carboxylic acids is 2. The maximum Gasteiger partial charge on any atom is 0.293 e. The SMILES string of the molecule is Cc1cc(Cl)ccc1OCC(=O)NNC(=S)NC(=O)c1ccc(Br)o1. The van der Waals surface area contributed by atoms with Gasteiger partial charge in [-0.05, 0) is 71.0 Å². The standard InChI is InChI=1S/C15H13BrClN3O4S/c1-8-6-9(17)2-3-10(8)23-7-13(21)19-20-15(25)18-14(22)11-4-5-12(16)24-11/h2-6H,7H2,1H3,(H,19,21)(H2,18,20,22,25). The lowest BCUT2D eigenvalue weighted by atomic mass is 10.2. The Morgan fingerprint density at radius 1 is 1.28 bits per heavy atom. The molecule has 0 spiro atoms. The Morgan fingerprint density at radius 2 is 2.04 bits per heavy atom. The summed E-state index contributed by atoms with van der Waals surface area (Å²) in [5.74, 6) is -0.417. The topological polar surface area (TPSA) is 92.6 Å². The van der Waals surface area contributed by atoms with Gasteiger partial charge in [0.1, 0.15) is 5.75 Å². The molecule has 2 rings (SSSR count). The van der Waals surface area contributed by atoms with Gasteiger partial charge >= 0.3 is 0 Å². The number of furan rings is 1. The number of hydrazine groups is 1. The molecule has 0 radical (unpaired) electrons. The van der Waals surface area contributed by atoms with E-state index in [9.17, 15) is 9.59 Å². The number of hydrogen-bond donors (Lipinski definition) is 3. The number of amides is 2. The molecule has 1 heterocycles. The number of nitrogens with one attached hydrogen (secondary N) is 3. The molecule has 7 nitrogen and oxygen atoms in total. The number of thiocarbonyl (C=S) groups is 1. The van der Waals surface area contributed by atoms with Gasteiger partial charge in [0.25, 0.3) is 11.8 Å². The molecule has 0 saturated heterocycles. The van der Waals surface area contributed by atoms with E-state index in [4.69, 9.17) is 33.0 Å². The third-order valence-corrected chi connectivity index (χ3v) is 3.70. The molecule has 2 aromatic rings. The molecule has 1 aromatic heterocycles. The Balaban J connectivity index is 1.73. The predicted molar refractivity (Wildman–Crippen MR) is 99.4 cm³/mol. The van der Waals surface area contributed by atoms with E-state index in [-0.39, 0.29) is 17.5 Å². The van der Waals surface area contributed by atoms with Gasteiger partial charge < -0.3 is 9.15 Å². The van der Waals surface area contributed by atoms with Gasteiger partial charge in [-0.3, -0.25) is 25.8 Å². The first kappa shape index (κ1) is 19.2. The summed E-state index contributed by atoms with van der Waals surface area (Å²) in [5.41, 5.74) is 5.51. The average molecular weight is 447 g/mol. The number of rotatable bonds is 4. The molecule has 10 heteroatoms. The van der Waals surface area contributed by atoms with Crippen molar-refractivity contribution in [3.8, 4) is 5.75 Å². The third-order valence-electron chi connectivity index (χ3n) is 2.84. The number of carbonyl (C=O) groups is 2. The molecule has 2 amide bonds. The molecule has 132 valence electrons. The van der Waals surface area contributed by atoms with Gasteiger partial charge in [0.05, 0.1) is 0 Å². The van der Waals surface area contributed by atoms with E-state index in [2.05, 4.69) is 32.1 Å². The summed E-state index contributed by atoms with van der Waals surface area (Å²) in [6.45, 7) is 1.58. The molecule has 25 heavy (non-hydrogen) atoms. The molecule has 0 bridgehead atoms. The first-order valence-corrected chi connectivity index (χ1v) is 8.47. The van der Waals surface area contributed by atoms with Crippen LogP contribution in [0.25, 0.3) is 0 Å². The summed E-state index contributed by atoms with van der Waals surface area (Å²) in [4.78, 5) is 23.5. The highest BCUT2D eigenvalue weighted by Crippen LogP contribution is 2.21. The summed E-state index contributed by atoms with van der Waals surface area (Å²) >= 11 is 13.8. The highest BCUT2D eigenvalue weighted by Gasteiger charge is 2.12. The van der Waals surface area contributed by atoms with Gasteiger partial charge in [-0.2, -0.15) is 0 Å². The second-order valence-corrected chi connectivity index (χ2v) is 6.38. The fraction of sp³-hybridized carbons (Fsp3) is 0.133. The van der Waals surface area contributed by atoms with Crippen molar-refractivity contribution in [2.45, 2.75) is 6.92 Å². The molecule has 0 unspecified atom stereocenters. The maximum absolute atomic E-state index is 11.8. The first-order valence-electron chi connectivity index (χ1n) is 6.89. The van der Waals surface area contributed by atoms with Crippen molar-refractivity contribution >= 4 is 56.7 Å². The summed E-state index contributed by atoms with van der Waals surface area (Å²) in [5, 5.41) is 2.85. The van der Waals surface area contributed by atoms with Crippen LogP contribution in [0.4, 0.5) is 0 Å². The molecular weight excluding hydrogens is 434 g/mol. The second kappa shape index (κ2) is 8.84. The minimum atomic E-state index is -0.550. The third kappa shape index (κ3) is 6.04. The highest BCUT2D eigenvalue weighted by atomic mass is 79.9. The Labute approximate surface area is 162 Å². The van der Waals surface area contributed by atoms with Crippen LogP contribution >= 0.6 is 39.7 Å². The van der Waals surface area contributed by atoms with E-state index in [1.165, 1.54) is 6.07 Å². The van der Waals surface area contributed by atoms with Gasteiger partial charge in [0, 0.05) is 5.02 Å². The van der Waals surface area contributed by atoms with Crippen molar-refractivity contribution in [1.82, 2.24) is 16.2 Å². The summed E-state index contributed by atoms with van der Waals surface area (Å²) < 4.78 is 10.9. The zero-order valence-corrected chi connectivity index (χ0v) is 16.0. The Bertz CT molecular complexity index is 812. The molecule has 0 aliphatic rings. The van der Waals surface area contributed by atoms with E-state index >= 15 is 0 Å². The average Bonchev–Trinajstić information content (AvgIpc) is 2.99. The van der Waals surface area contributed by atoms with Crippen LogP contribution in [0.2, 0.25) is 5.02 Å². The van der Waals surface area contributed by atoms with Crippen LogP contribution in [0.1, 0.15) is 16.1 Å². The summed E-state index contributed by atoms with van der Waals surface area (Å²) in [7, 11) is 0. The van der Waals surface area contributed by atoms with Crippen LogP contribution in [0.15, 0.2) is 39.4 Å². The molecule has 0 fully saturated rings. The molecule has 0 atom stereocenters. The van der Waals surface area contributed by atoms with Gasteiger partial charge in [0.15, 0.2) is 22.1 Å². The van der Waals surface area contributed by atoms with E-state index in [0.29, 0.717) is 15.4 Å².